The fourth-order valence-corrected chi connectivity index (χ4v) is 3.83. The molecule has 3 rings (SSSR count). The minimum absolute atomic E-state index is 0. The first kappa shape index (κ1) is 18.3. The molecule has 4 nitrogen and oxygen atoms in total. The van der Waals surface area contributed by atoms with E-state index in [1.165, 1.54) is 45.3 Å². The SMILES string of the molecule is CN=C(NCC1(C2CC2)CC1)N1CCN(CC(C)C)CC1.I. The zero-order chi connectivity index (χ0) is 14.9. The van der Waals surface area contributed by atoms with Crippen molar-refractivity contribution in [2.45, 2.75) is 39.5 Å². The Morgan fingerprint density at radius 1 is 1.18 bits per heavy atom. The molecule has 0 bridgehead atoms. The molecule has 0 radical (unpaired) electrons. The molecule has 5 heteroatoms. The molecule has 22 heavy (non-hydrogen) atoms. The predicted molar refractivity (Wildman–Crippen MR) is 104 cm³/mol. The molecule has 1 N–H and O–H groups in total. The number of hydrogen-bond acceptors (Lipinski definition) is 2. The molecule has 0 atom stereocenters. The zero-order valence-electron chi connectivity index (χ0n) is 14.5. The van der Waals surface area contributed by atoms with Gasteiger partial charge in [0, 0.05) is 46.3 Å². The highest BCUT2D eigenvalue weighted by Gasteiger charge is 2.53. The van der Waals surface area contributed by atoms with Crippen molar-refractivity contribution >= 4 is 29.9 Å². The van der Waals surface area contributed by atoms with Gasteiger partial charge in [0.05, 0.1) is 0 Å². The fourth-order valence-electron chi connectivity index (χ4n) is 3.83. The van der Waals surface area contributed by atoms with E-state index in [1.54, 1.807) is 0 Å². The summed E-state index contributed by atoms with van der Waals surface area (Å²) in [6.45, 7) is 11.6. The van der Waals surface area contributed by atoms with E-state index in [0.717, 1.165) is 37.4 Å². The van der Waals surface area contributed by atoms with Crippen LogP contribution in [-0.2, 0) is 0 Å². The first-order chi connectivity index (χ1) is 10.1. The van der Waals surface area contributed by atoms with E-state index in [1.807, 2.05) is 7.05 Å². The number of guanidine groups is 1. The maximum Gasteiger partial charge on any atom is 0.193 e. The van der Waals surface area contributed by atoms with Crippen LogP contribution in [0.4, 0.5) is 0 Å². The molecule has 3 fully saturated rings. The van der Waals surface area contributed by atoms with Gasteiger partial charge in [-0.2, -0.15) is 0 Å². The number of nitrogens with one attached hydrogen (secondary N) is 1. The topological polar surface area (TPSA) is 30.9 Å². The highest BCUT2D eigenvalue weighted by atomic mass is 127. The van der Waals surface area contributed by atoms with E-state index in [4.69, 9.17) is 0 Å². The summed E-state index contributed by atoms with van der Waals surface area (Å²) >= 11 is 0. The zero-order valence-corrected chi connectivity index (χ0v) is 16.8. The Bertz CT molecular complexity index is 380. The second kappa shape index (κ2) is 7.69. The Balaban J connectivity index is 0.00000176. The molecule has 1 aliphatic heterocycles. The summed E-state index contributed by atoms with van der Waals surface area (Å²) in [5, 5.41) is 3.68. The summed E-state index contributed by atoms with van der Waals surface area (Å²) in [5.74, 6) is 2.92. The van der Waals surface area contributed by atoms with Crippen molar-refractivity contribution in [3.8, 4) is 0 Å². The lowest BCUT2D eigenvalue weighted by molar-refractivity contribution is 0.163. The Kier molecular flexibility index (Phi) is 6.39. The molecule has 3 aliphatic rings. The van der Waals surface area contributed by atoms with Gasteiger partial charge in [-0.3, -0.25) is 9.89 Å². The third-order valence-corrected chi connectivity index (χ3v) is 5.44. The molecule has 0 unspecified atom stereocenters. The highest BCUT2D eigenvalue weighted by molar-refractivity contribution is 14.0. The smallest absolute Gasteiger partial charge is 0.193 e. The number of nitrogens with zero attached hydrogens (tertiary/aromatic N) is 3. The first-order valence-corrected chi connectivity index (χ1v) is 8.81. The molecule has 128 valence electrons. The maximum atomic E-state index is 4.52. The monoisotopic (exact) mass is 420 g/mol. The van der Waals surface area contributed by atoms with Gasteiger partial charge < -0.3 is 10.2 Å². The van der Waals surface area contributed by atoms with Gasteiger partial charge in [0.2, 0.25) is 0 Å². The average molecular weight is 420 g/mol. The van der Waals surface area contributed by atoms with Gasteiger partial charge in [-0.25, -0.2) is 0 Å². The van der Waals surface area contributed by atoms with Crippen LogP contribution in [0.1, 0.15) is 39.5 Å². The molecule has 2 aliphatic carbocycles. The quantitative estimate of drug-likeness (QED) is 0.422. The van der Waals surface area contributed by atoms with E-state index in [0.29, 0.717) is 5.41 Å². The minimum Gasteiger partial charge on any atom is -0.356 e. The van der Waals surface area contributed by atoms with Crippen LogP contribution in [-0.4, -0.2) is 62.1 Å². The third kappa shape index (κ3) is 4.49. The summed E-state index contributed by atoms with van der Waals surface area (Å²) < 4.78 is 0. The summed E-state index contributed by atoms with van der Waals surface area (Å²) in [6, 6.07) is 0. The normalized spacial score (nSPS) is 25.1. The molecule has 0 aromatic heterocycles. The molecule has 1 saturated heterocycles. The van der Waals surface area contributed by atoms with Crippen molar-refractivity contribution in [3.05, 3.63) is 0 Å². The number of halogens is 1. The number of piperazine rings is 1. The number of hydrogen-bond donors (Lipinski definition) is 1. The lowest BCUT2D eigenvalue weighted by Gasteiger charge is -2.37. The van der Waals surface area contributed by atoms with Crippen molar-refractivity contribution < 1.29 is 0 Å². The molecule has 0 aromatic carbocycles. The van der Waals surface area contributed by atoms with Crippen LogP contribution < -0.4 is 5.32 Å². The summed E-state index contributed by atoms with van der Waals surface area (Å²) in [5.41, 5.74) is 0.648. The first-order valence-electron chi connectivity index (χ1n) is 8.81. The van der Waals surface area contributed by atoms with Gasteiger partial charge in [0.1, 0.15) is 0 Å². The maximum absolute atomic E-state index is 4.52. The fraction of sp³-hybridized carbons (Fsp3) is 0.941. The van der Waals surface area contributed by atoms with Crippen LogP contribution in [0.2, 0.25) is 0 Å². The van der Waals surface area contributed by atoms with Crippen LogP contribution in [0.5, 0.6) is 0 Å². The Morgan fingerprint density at radius 3 is 2.27 bits per heavy atom. The minimum atomic E-state index is 0. The van der Waals surface area contributed by atoms with Crippen LogP contribution in [0.3, 0.4) is 0 Å². The second-order valence-corrected chi connectivity index (χ2v) is 7.72. The molecule has 0 aromatic rings. The van der Waals surface area contributed by atoms with Gasteiger partial charge in [-0.05, 0) is 42.9 Å². The molecule has 2 saturated carbocycles. The number of rotatable bonds is 5. The Labute approximate surface area is 153 Å². The van der Waals surface area contributed by atoms with Gasteiger partial charge in [-0.1, -0.05) is 13.8 Å². The highest BCUT2D eigenvalue weighted by Crippen LogP contribution is 2.60. The molecule has 0 spiro atoms. The van der Waals surface area contributed by atoms with Gasteiger partial charge >= 0.3 is 0 Å². The summed E-state index contributed by atoms with van der Waals surface area (Å²) in [7, 11) is 1.93. The van der Waals surface area contributed by atoms with Crippen molar-refractivity contribution in [2.75, 3.05) is 46.3 Å². The lowest BCUT2D eigenvalue weighted by Crippen LogP contribution is -2.53. The van der Waals surface area contributed by atoms with Crippen molar-refractivity contribution in [2.24, 2.45) is 22.2 Å². The van der Waals surface area contributed by atoms with E-state index < -0.39 is 0 Å². The largest absolute Gasteiger partial charge is 0.356 e. The molecular formula is C17H33IN4. The van der Waals surface area contributed by atoms with Crippen molar-refractivity contribution in [1.82, 2.24) is 15.1 Å². The van der Waals surface area contributed by atoms with E-state index >= 15 is 0 Å². The number of aliphatic imine (C=N–C) groups is 1. The van der Waals surface area contributed by atoms with E-state index in [-0.39, 0.29) is 24.0 Å². The third-order valence-electron chi connectivity index (χ3n) is 5.44. The molecule has 1 heterocycles. The van der Waals surface area contributed by atoms with Crippen LogP contribution in [0.25, 0.3) is 0 Å². The molecular weight excluding hydrogens is 387 g/mol. The van der Waals surface area contributed by atoms with Crippen LogP contribution in [0, 0.1) is 17.3 Å². The summed E-state index contributed by atoms with van der Waals surface area (Å²) in [4.78, 5) is 9.55. The van der Waals surface area contributed by atoms with Gasteiger partial charge in [-0.15, -0.1) is 24.0 Å². The second-order valence-electron chi connectivity index (χ2n) is 7.72. The van der Waals surface area contributed by atoms with Crippen molar-refractivity contribution in [1.29, 1.82) is 0 Å². The lowest BCUT2D eigenvalue weighted by atomic mass is 10.0. The predicted octanol–water partition coefficient (Wildman–Crippen LogP) is 2.64. The standard InChI is InChI=1S/C17H32N4.HI/c1-14(2)12-20-8-10-21(11-9-20)16(18-3)19-13-17(6-7-17)15-4-5-15;/h14-15H,4-13H2,1-3H3,(H,18,19);1H. The Morgan fingerprint density at radius 2 is 1.82 bits per heavy atom. The average Bonchev–Trinajstić information content (AvgIpc) is 3.34. The van der Waals surface area contributed by atoms with Crippen LogP contribution in [0.15, 0.2) is 4.99 Å². The van der Waals surface area contributed by atoms with Crippen LogP contribution >= 0.6 is 24.0 Å². The molecule has 0 amide bonds. The van der Waals surface area contributed by atoms with E-state index in [9.17, 15) is 0 Å². The van der Waals surface area contributed by atoms with Gasteiger partial charge in [0.25, 0.3) is 0 Å². The van der Waals surface area contributed by atoms with Crippen molar-refractivity contribution in [3.63, 3.8) is 0 Å². The summed E-state index contributed by atoms with van der Waals surface area (Å²) in [6.07, 6.45) is 5.80. The Hall–Kier alpha value is -0.0400. The van der Waals surface area contributed by atoms with Gasteiger partial charge in [0.15, 0.2) is 5.96 Å². The van der Waals surface area contributed by atoms with E-state index in [2.05, 4.69) is 34.0 Å².